The summed E-state index contributed by atoms with van der Waals surface area (Å²) in [6, 6.07) is 0. The fraction of sp³-hybridized carbons (Fsp3) is 0.692. The summed E-state index contributed by atoms with van der Waals surface area (Å²) in [6.07, 6.45) is 5.27. The van der Waals surface area contributed by atoms with Gasteiger partial charge in [-0.25, -0.2) is 4.79 Å². The topological polar surface area (TPSA) is 43.4 Å². The fourth-order valence-corrected chi connectivity index (χ4v) is 1.91. The van der Waals surface area contributed by atoms with Crippen molar-refractivity contribution in [1.82, 2.24) is 0 Å². The molecule has 3 nitrogen and oxygen atoms in total. The number of hydrogen-bond acceptors (Lipinski definition) is 3. The van der Waals surface area contributed by atoms with Gasteiger partial charge in [-0.15, -0.1) is 0 Å². The van der Waals surface area contributed by atoms with Crippen LogP contribution >= 0.6 is 0 Å². The second kappa shape index (κ2) is 7.05. The first-order valence-corrected chi connectivity index (χ1v) is 5.92. The van der Waals surface area contributed by atoms with Crippen LogP contribution < -0.4 is 0 Å². The summed E-state index contributed by atoms with van der Waals surface area (Å²) < 4.78 is 4.68. The Labute approximate surface area is 96.5 Å². The van der Waals surface area contributed by atoms with Gasteiger partial charge in [0, 0.05) is 24.7 Å². The number of esters is 1. The van der Waals surface area contributed by atoms with Crippen LogP contribution in [0.15, 0.2) is 0 Å². The Morgan fingerprint density at radius 1 is 1.50 bits per heavy atom. The van der Waals surface area contributed by atoms with Gasteiger partial charge in [0.25, 0.3) is 0 Å². The van der Waals surface area contributed by atoms with Crippen LogP contribution in [-0.4, -0.2) is 18.4 Å². The van der Waals surface area contributed by atoms with E-state index in [-0.39, 0.29) is 5.92 Å². The SMILES string of the molecule is CCOC(=O)C#CCCC1CCCCC1=O. The van der Waals surface area contributed by atoms with Gasteiger partial charge < -0.3 is 4.74 Å². The second-order valence-corrected chi connectivity index (χ2v) is 3.97. The first-order chi connectivity index (χ1) is 7.74. The normalized spacial score (nSPS) is 19.8. The average Bonchev–Trinajstić information content (AvgIpc) is 2.27. The second-order valence-electron chi connectivity index (χ2n) is 3.97. The number of hydrogen-bond donors (Lipinski definition) is 0. The number of Topliss-reactive ketones (excluding diaryl/α,β-unsaturated/α-hetero) is 1. The minimum Gasteiger partial charge on any atom is -0.456 e. The molecule has 0 amide bonds. The maximum atomic E-state index is 11.5. The molecule has 0 radical (unpaired) electrons. The highest BCUT2D eigenvalue weighted by molar-refractivity contribution is 5.88. The molecule has 1 atom stereocenters. The predicted octanol–water partition coefficient (Wildman–Crippen LogP) is 2.09. The summed E-state index contributed by atoms with van der Waals surface area (Å²) in [7, 11) is 0. The van der Waals surface area contributed by atoms with Crippen LogP contribution in [0.3, 0.4) is 0 Å². The molecule has 1 unspecified atom stereocenters. The number of ketones is 1. The maximum absolute atomic E-state index is 11.5. The van der Waals surface area contributed by atoms with Crippen molar-refractivity contribution >= 4 is 11.8 Å². The highest BCUT2D eigenvalue weighted by atomic mass is 16.5. The number of carbonyl (C=O) groups is 2. The first-order valence-electron chi connectivity index (χ1n) is 5.92. The maximum Gasteiger partial charge on any atom is 0.384 e. The summed E-state index contributed by atoms with van der Waals surface area (Å²) in [5.74, 6) is 5.24. The molecular weight excluding hydrogens is 204 g/mol. The largest absolute Gasteiger partial charge is 0.456 e. The van der Waals surface area contributed by atoms with E-state index in [1.807, 2.05) is 0 Å². The third-order valence-corrected chi connectivity index (χ3v) is 2.76. The third kappa shape index (κ3) is 4.48. The zero-order valence-electron chi connectivity index (χ0n) is 9.75. The number of rotatable bonds is 3. The van der Waals surface area contributed by atoms with Crippen LogP contribution in [0.1, 0.15) is 45.4 Å². The summed E-state index contributed by atoms with van der Waals surface area (Å²) in [4.78, 5) is 22.4. The molecule has 0 bridgehead atoms. The molecule has 1 aliphatic carbocycles. The van der Waals surface area contributed by atoms with E-state index in [2.05, 4.69) is 16.6 Å². The van der Waals surface area contributed by atoms with Gasteiger partial charge in [0.05, 0.1) is 6.61 Å². The Kier molecular flexibility index (Phi) is 5.63. The molecule has 1 fully saturated rings. The van der Waals surface area contributed by atoms with Gasteiger partial charge in [0.15, 0.2) is 0 Å². The summed E-state index contributed by atoms with van der Waals surface area (Å²) >= 11 is 0. The molecule has 3 heteroatoms. The van der Waals surface area contributed by atoms with Crippen LogP contribution in [0.2, 0.25) is 0 Å². The van der Waals surface area contributed by atoms with E-state index in [0.717, 1.165) is 32.1 Å². The lowest BCUT2D eigenvalue weighted by Gasteiger charge is -2.18. The van der Waals surface area contributed by atoms with Crippen LogP contribution in [0, 0.1) is 17.8 Å². The molecular formula is C13H18O3. The molecule has 0 aromatic carbocycles. The molecule has 0 aliphatic heterocycles. The lowest BCUT2D eigenvalue weighted by molar-refractivity contribution is -0.136. The Balaban J connectivity index is 2.23. The van der Waals surface area contributed by atoms with E-state index in [1.165, 1.54) is 0 Å². The molecule has 0 saturated heterocycles. The molecule has 0 heterocycles. The van der Waals surface area contributed by atoms with E-state index in [9.17, 15) is 9.59 Å². The molecule has 0 spiro atoms. The summed E-state index contributed by atoms with van der Waals surface area (Å²) in [6.45, 7) is 2.11. The number of ether oxygens (including phenoxy) is 1. The smallest absolute Gasteiger partial charge is 0.384 e. The van der Waals surface area contributed by atoms with Crippen molar-refractivity contribution in [3.63, 3.8) is 0 Å². The van der Waals surface area contributed by atoms with Crippen LogP contribution in [0.5, 0.6) is 0 Å². The van der Waals surface area contributed by atoms with E-state index >= 15 is 0 Å². The molecule has 0 aromatic heterocycles. The Hall–Kier alpha value is -1.30. The van der Waals surface area contributed by atoms with Crippen molar-refractivity contribution in [2.24, 2.45) is 5.92 Å². The van der Waals surface area contributed by atoms with E-state index in [4.69, 9.17) is 0 Å². The highest BCUT2D eigenvalue weighted by Crippen LogP contribution is 2.24. The zero-order chi connectivity index (χ0) is 11.8. The lowest BCUT2D eigenvalue weighted by atomic mass is 9.85. The standard InChI is InChI=1S/C13H18O3/c1-2-16-13(15)10-6-4-8-11-7-3-5-9-12(11)14/h11H,2-5,7-9H2,1H3. The van der Waals surface area contributed by atoms with Gasteiger partial charge in [0.2, 0.25) is 0 Å². The van der Waals surface area contributed by atoms with E-state index in [1.54, 1.807) is 6.92 Å². The van der Waals surface area contributed by atoms with Crippen molar-refractivity contribution in [3.05, 3.63) is 0 Å². The molecule has 88 valence electrons. The predicted molar refractivity (Wildman–Crippen MR) is 60.6 cm³/mol. The Morgan fingerprint density at radius 2 is 2.31 bits per heavy atom. The van der Waals surface area contributed by atoms with Gasteiger partial charge >= 0.3 is 5.97 Å². The zero-order valence-corrected chi connectivity index (χ0v) is 9.75. The van der Waals surface area contributed by atoms with Crippen molar-refractivity contribution in [1.29, 1.82) is 0 Å². The minimum absolute atomic E-state index is 0.172. The molecule has 1 rings (SSSR count). The summed E-state index contributed by atoms with van der Waals surface area (Å²) in [5, 5.41) is 0. The molecule has 16 heavy (non-hydrogen) atoms. The highest BCUT2D eigenvalue weighted by Gasteiger charge is 2.20. The fourth-order valence-electron chi connectivity index (χ4n) is 1.91. The Bertz CT molecular complexity index is 309. The van der Waals surface area contributed by atoms with Crippen molar-refractivity contribution in [2.45, 2.75) is 45.4 Å². The van der Waals surface area contributed by atoms with Crippen molar-refractivity contribution < 1.29 is 14.3 Å². The van der Waals surface area contributed by atoms with Crippen LogP contribution in [0.25, 0.3) is 0 Å². The Morgan fingerprint density at radius 3 is 3.00 bits per heavy atom. The third-order valence-electron chi connectivity index (χ3n) is 2.76. The molecule has 0 aromatic rings. The van der Waals surface area contributed by atoms with Crippen molar-refractivity contribution in [3.8, 4) is 11.8 Å². The van der Waals surface area contributed by atoms with Gasteiger partial charge in [-0.3, -0.25) is 4.79 Å². The number of carbonyl (C=O) groups excluding carboxylic acids is 2. The quantitative estimate of drug-likeness (QED) is 0.417. The minimum atomic E-state index is -0.475. The first kappa shape index (κ1) is 12.8. The molecule has 0 N–H and O–H groups in total. The van der Waals surface area contributed by atoms with Gasteiger partial charge in [-0.05, 0) is 26.2 Å². The monoisotopic (exact) mass is 222 g/mol. The summed E-state index contributed by atoms with van der Waals surface area (Å²) in [5.41, 5.74) is 0. The van der Waals surface area contributed by atoms with Gasteiger partial charge in [0.1, 0.15) is 5.78 Å². The lowest BCUT2D eigenvalue weighted by Crippen LogP contribution is -2.18. The van der Waals surface area contributed by atoms with E-state index in [0.29, 0.717) is 18.8 Å². The van der Waals surface area contributed by atoms with Crippen LogP contribution in [-0.2, 0) is 14.3 Å². The van der Waals surface area contributed by atoms with E-state index < -0.39 is 5.97 Å². The van der Waals surface area contributed by atoms with Gasteiger partial charge in [-0.1, -0.05) is 12.3 Å². The molecule has 1 saturated carbocycles. The van der Waals surface area contributed by atoms with Crippen LogP contribution in [0.4, 0.5) is 0 Å². The molecule has 1 aliphatic rings. The average molecular weight is 222 g/mol. The van der Waals surface area contributed by atoms with Crippen molar-refractivity contribution in [2.75, 3.05) is 6.61 Å². The van der Waals surface area contributed by atoms with Gasteiger partial charge in [-0.2, -0.15) is 0 Å².